The molecule has 0 aliphatic carbocycles. The van der Waals surface area contributed by atoms with Crippen molar-refractivity contribution < 1.29 is 23.5 Å². The molecule has 0 fully saturated rings. The second kappa shape index (κ2) is 8.47. The van der Waals surface area contributed by atoms with Crippen molar-refractivity contribution in [2.75, 3.05) is 13.7 Å². The summed E-state index contributed by atoms with van der Waals surface area (Å²) in [5.41, 5.74) is 7.28. The van der Waals surface area contributed by atoms with Crippen LogP contribution in [0.3, 0.4) is 0 Å². The third-order valence-corrected chi connectivity index (χ3v) is 4.39. The molecule has 3 amide bonds. The first-order chi connectivity index (χ1) is 13.9. The van der Waals surface area contributed by atoms with Crippen LogP contribution < -0.4 is 21.1 Å². The highest BCUT2D eigenvalue weighted by atomic mass is 16.5. The summed E-state index contributed by atoms with van der Waals surface area (Å²) in [6.07, 6.45) is 0. The molecule has 150 valence electrons. The fourth-order valence-corrected chi connectivity index (χ4v) is 2.92. The molecule has 3 rings (SSSR count). The van der Waals surface area contributed by atoms with Crippen molar-refractivity contribution in [1.82, 2.24) is 10.6 Å². The molecule has 2 aromatic carbocycles. The minimum absolute atomic E-state index is 0.223. The van der Waals surface area contributed by atoms with Crippen LogP contribution in [0.5, 0.6) is 5.75 Å². The summed E-state index contributed by atoms with van der Waals surface area (Å²) in [6, 6.07) is 12.0. The van der Waals surface area contributed by atoms with E-state index < -0.39 is 11.8 Å². The SMILES string of the molecule is COc1ccc2oc(C)c(C(=O)NCc3ccc(C(=O)NCC(N)=O)cc3)c2c1. The summed E-state index contributed by atoms with van der Waals surface area (Å²) in [7, 11) is 1.56. The zero-order valence-corrected chi connectivity index (χ0v) is 16.1. The number of fused-ring (bicyclic) bond motifs is 1. The van der Waals surface area contributed by atoms with E-state index in [4.69, 9.17) is 14.9 Å². The Hall–Kier alpha value is -3.81. The summed E-state index contributed by atoms with van der Waals surface area (Å²) < 4.78 is 10.9. The van der Waals surface area contributed by atoms with E-state index in [9.17, 15) is 14.4 Å². The average molecular weight is 395 g/mol. The summed E-state index contributed by atoms with van der Waals surface area (Å²) in [6.45, 7) is 1.79. The fourth-order valence-electron chi connectivity index (χ4n) is 2.92. The number of primary amides is 1. The van der Waals surface area contributed by atoms with Crippen molar-refractivity contribution in [3.05, 3.63) is 64.9 Å². The van der Waals surface area contributed by atoms with Crippen LogP contribution in [0.2, 0.25) is 0 Å². The predicted octanol–water partition coefficient (Wildman–Crippen LogP) is 1.89. The second-order valence-electron chi connectivity index (χ2n) is 6.42. The van der Waals surface area contributed by atoms with Crippen LogP contribution in [0.15, 0.2) is 46.9 Å². The number of nitrogens with two attached hydrogens (primary N) is 1. The van der Waals surface area contributed by atoms with E-state index >= 15 is 0 Å². The number of carbonyl (C=O) groups excluding carboxylic acids is 3. The van der Waals surface area contributed by atoms with E-state index in [0.29, 0.717) is 33.6 Å². The zero-order chi connectivity index (χ0) is 21.0. The Morgan fingerprint density at radius 2 is 1.76 bits per heavy atom. The molecule has 8 heteroatoms. The third kappa shape index (κ3) is 4.55. The van der Waals surface area contributed by atoms with Gasteiger partial charge in [-0.2, -0.15) is 0 Å². The number of hydrogen-bond donors (Lipinski definition) is 3. The highest BCUT2D eigenvalue weighted by molar-refractivity contribution is 6.07. The number of benzene rings is 2. The molecular formula is C21H21N3O5. The Morgan fingerprint density at radius 3 is 2.41 bits per heavy atom. The van der Waals surface area contributed by atoms with Gasteiger partial charge in [-0.05, 0) is 42.8 Å². The summed E-state index contributed by atoms with van der Waals surface area (Å²) >= 11 is 0. The van der Waals surface area contributed by atoms with Gasteiger partial charge < -0.3 is 25.5 Å². The van der Waals surface area contributed by atoms with Gasteiger partial charge in [0.05, 0.1) is 19.2 Å². The van der Waals surface area contributed by atoms with E-state index in [1.807, 2.05) is 0 Å². The van der Waals surface area contributed by atoms with Crippen molar-refractivity contribution in [3.63, 3.8) is 0 Å². The van der Waals surface area contributed by atoms with Gasteiger partial charge in [0, 0.05) is 17.5 Å². The number of furan rings is 1. The van der Waals surface area contributed by atoms with Crippen LogP contribution in [-0.2, 0) is 11.3 Å². The number of carbonyl (C=O) groups is 3. The maximum Gasteiger partial charge on any atom is 0.255 e. The Balaban J connectivity index is 1.68. The molecule has 4 N–H and O–H groups in total. The monoisotopic (exact) mass is 395 g/mol. The van der Waals surface area contributed by atoms with Gasteiger partial charge in [0.25, 0.3) is 11.8 Å². The van der Waals surface area contributed by atoms with Gasteiger partial charge >= 0.3 is 0 Å². The first kappa shape index (κ1) is 19.9. The average Bonchev–Trinajstić information content (AvgIpc) is 3.05. The summed E-state index contributed by atoms with van der Waals surface area (Å²) in [5, 5.41) is 5.96. The van der Waals surface area contributed by atoms with E-state index in [2.05, 4.69) is 10.6 Å². The van der Waals surface area contributed by atoms with Crippen LogP contribution in [0.25, 0.3) is 11.0 Å². The van der Waals surface area contributed by atoms with E-state index in [1.54, 1.807) is 56.5 Å². The third-order valence-electron chi connectivity index (χ3n) is 4.39. The molecule has 0 aliphatic rings. The molecule has 1 heterocycles. The lowest BCUT2D eigenvalue weighted by Gasteiger charge is -2.07. The molecule has 0 radical (unpaired) electrons. The van der Waals surface area contributed by atoms with Crippen LogP contribution in [0, 0.1) is 6.92 Å². The largest absolute Gasteiger partial charge is 0.497 e. The van der Waals surface area contributed by atoms with Crippen molar-refractivity contribution in [1.29, 1.82) is 0 Å². The first-order valence-electron chi connectivity index (χ1n) is 8.90. The minimum Gasteiger partial charge on any atom is -0.497 e. The van der Waals surface area contributed by atoms with Gasteiger partial charge in [-0.15, -0.1) is 0 Å². The summed E-state index contributed by atoms with van der Waals surface area (Å²) in [5.74, 6) is -0.117. The Bertz CT molecular complexity index is 1070. The highest BCUT2D eigenvalue weighted by Gasteiger charge is 2.18. The predicted molar refractivity (Wildman–Crippen MR) is 107 cm³/mol. The topological polar surface area (TPSA) is 124 Å². The first-order valence-corrected chi connectivity index (χ1v) is 8.90. The quantitative estimate of drug-likeness (QED) is 0.564. The van der Waals surface area contributed by atoms with Crippen molar-refractivity contribution in [3.8, 4) is 5.75 Å². The van der Waals surface area contributed by atoms with E-state index in [1.165, 1.54) is 0 Å². The standard InChI is InChI=1S/C21H21N3O5/c1-12-19(16-9-15(28-2)7-8-17(16)29-12)21(27)23-10-13-3-5-14(6-4-13)20(26)24-11-18(22)25/h3-9H,10-11H2,1-2H3,(H2,22,25)(H,23,27)(H,24,26). The fraction of sp³-hybridized carbons (Fsp3) is 0.190. The molecule has 0 saturated heterocycles. The minimum atomic E-state index is -0.614. The van der Waals surface area contributed by atoms with E-state index in [-0.39, 0.29) is 19.0 Å². The molecule has 0 bridgehead atoms. The number of amides is 3. The number of methoxy groups -OCH3 is 1. The molecule has 29 heavy (non-hydrogen) atoms. The molecule has 1 aromatic heterocycles. The lowest BCUT2D eigenvalue weighted by molar-refractivity contribution is -0.117. The number of nitrogens with one attached hydrogen (secondary N) is 2. The molecular weight excluding hydrogens is 374 g/mol. The number of ether oxygens (including phenoxy) is 1. The molecule has 0 atom stereocenters. The highest BCUT2D eigenvalue weighted by Crippen LogP contribution is 2.29. The molecule has 0 unspecified atom stereocenters. The maximum absolute atomic E-state index is 12.7. The van der Waals surface area contributed by atoms with Gasteiger partial charge in [0.2, 0.25) is 5.91 Å². The number of rotatable bonds is 7. The smallest absolute Gasteiger partial charge is 0.255 e. The van der Waals surface area contributed by atoms with Gasteiger partial charge in [-0.25, -0.2) is 0 Å². The Labute approximate surface area is 167 Å². The second-order valence-corrected chi connectivity index (χ2v) is 6.42. The van der Waals surface area contributed by atoms with Crippen LogP contribution in [-0.4, -0.2) is 31.4 Å². The molecule has 8 nitrogen and oxygen atoms in total. The van der Waals surface area contributed by atoms with Gasteiger partial charge in [0.1, 0.15) is 17.1 Å². The maximum atomic E-state index is 12.7. The lowest BCUT2D eigenvalue weighted by Crippen LogP contribution is -2.33. The van der Waals surface area contributed by atoms with E-state index in [0.717, 1.165) is 5.56 Å². The molecule has 0 aliphatic heterocycles. The van der Waals surface area contributed by atoms with Gasteiger partial charge in [-0.1, -0.05) is 12.1 Å². The van der Waals surface area contributed by atoms with Crippen molar-refractivity contribution in [2.45, 2.75) is 13.5 Å². The van der Waals surface area contributed by atoms with Crippen molar-refractivity contribution >= 4 is 28.7 Å². The van der Waals surface area contributed by atoms with Crippen molar-refractivity contribution in [2.24, 2.45) is 5.73 Å². The van der Waals surface area contributed by atoms with Crippen LogP contribution in [0.1, 0.15) is 32.0 Å². The molecule has 0 spiro atoms. The normalized spacial score (nSPS) is 10.6. The molecule has 3 aromatic rings. The Kier molecular flexibility index (Phi) is 5.82. The van der Waals surface area contributed by atoms with Gasteiger partial charge in [0.15, 0.2) is 0 Å². The van der Waals surface area contributed by atoms with Gasteiger partial charge in [-0.3, -0.25) is 14.4 Å². The van der Waals surface area contributed by atoms with Crippen LogP contribution in [0.4, 0.5) is 0 Å². The lowest BCUT2D eigenvalue weighted by atomic mass is 10.1. The van der Waals surface area contributed by atoms with Crippen LogP contribution >= 0.6 is 0 Å². The number of aryl methyl sites for hydroxylation is 1. The summed E-state index contributed by atoms with van der Waals surface area (Å²) in [4.78, 5) is 35.3. The zero-order valence-electron chi connectivity index (χ0n) is 16.1. The number of hydrogen-bond acceptors (Lipinski definition) is 5. The Morgan fingerprint density at radius 1 is 1.03 bits per heavy atom. The molecule has 0 saturated carbocycles.